The summed E-state index contributed by atoms with van der Waals surface area (Å²) in [6, 6.07) is 5.34. The Morgan fingerprint density at radius 3 is 2.79 bits per heavy atom. The summed E-state index contributed by atoms with van der Waals surface area (Å²) in [5.41, 5.74) is 6.42. The lowest BCUT2D eigenvalue weighted by molar-refractivity contribution is -0.119. The molecule has 2 atom stereocenters. The van der Waals surface area contributed by atoms with E-state index < -0.39 is 0 Å². The number of carbonyl (C=O) groups excluding carboxylic acids is 1. The van der Waals surface area contributed by atoms with Gasteiger partial charge in [-0.05, 0) is 19.1 Å². The van der Waals surface area contributed by atoms with E-state index in [1.54, 1.807) is 20.0 Å². The summed E-state index contributed by atoms with van der Waals surface area (Å²) in [7, 11) is 0. The van der Waals surface area contributed by atoms with E-state index in [1.807, 2.05) is 18.2 Å². The number of hydrogen-bond donors (Lipinski definition) is 2. The molecule has 2 aromatic heterocycles. The molecule has 2 aromatic rings. The van der Waals surface area contributed by atoms with Crippen LogP contribution in [0.1, 0.15) is 13.8 Å². The van der Waals surface area contributed by atoms with E-state index in [9.17, 15) is 4.79 Å². The Labute approximate surface area is 115 Å². The number of nitrogens with one attached hydrogen (secondary N) is 1. The zero-order valence-electron chi connectivity index (χ0n) is 10.7. The Morgan fingerprint density at radius 2 is 2.16 bits per heavy atom. The Morgan fingerprint density at radius 1 is 1.37 bits per heavy atom. The summed E-state index contributed by atoms with van der Waals surface area (Å²) >= 11 is 1.29. The molecule has 0 aliphatic heterocycles. The average Bonchev–Trinajstić information content (AvgIpc) is 2.87. The molecular formula is C12H15N5OS. The number of amides is 1. The maximum absolute atomic E-state index is 11.8. The molecule has 1 amide bonds. The minimum atomic E-state index is -0.276. The number of aromatic nitrogens is 3. The standard InChI is InChI=1S/C12H15N5OS/c1-7(8(2)13)10(18)15-12-17-16-11(19-12)9-5-3-4-6-14-9/h3-8H,13H2,1-2H3,(H,15,17,18). The lowest BCUT2D eigenvalue weighted by atomic mass is 10.0. The first-order valence-electron chi connectivity index (χ1n) is 5.89. The molecule has 7 heteroatoms. The predicted octanol–water partition coefficient (Wildman–Crippen LogP) is 1.52. The highest BCUT2D eigenvalue weighted by molar-refractivity contribution is 7.18. The third kappa shape index (κ3) is 3.33. The number of carbonyl (C=O) groups is 1. The molecule has 0 spiro atoms. The Bertz CT molecular complexity index is 554. The first kappa shape index (κ1) is 13.6. The van der Waals surface area contributed by atoms with E-state index in [0.29, 0.717) is 10.1 Å². The molecule has 0 bridgehead atoms. The van der Waals surface area contributed by atoms with Crippen LogP contribution >= 0.6 is 11.3 Å². The van der Waals surface area contributed by atoms with Gasteiger partial charge >= 0.3 is 0 Å². The van der Waals surface area contributed by atoms with Crippen LogP contribution in [0.15, 0.2) is 24.4 Å². The van der Waals surface area contributed by atoms with Gasteiger partial charge in [-0.25, -0.2) is 0 Å². The minimum absolute atomic E-state index is 0.154. The molecule has 2 rings (SSSR count). The Balaban J connectivity index is 2.08. The van der Waals surface area contributed by atoms with E-state index in [-0.39, 0.29) is 17.9 Å². The number of pyridine rings is 1. The molecule has 3 N–H and O–H groups in total. The molecule has 0 aliphatic rings. The van der Waals surface area contributed by atoms with Crippen LogP contribution in [0.25, 0.3) is 10.7 Å². The van der Waals surface area contributed by atoms with Crippen molar-refractivity contribution < 1.29 is 4.79 Å². The summed E-state index contributed by atoms with van der Waals surface area (Å²) in [4.78, 5) is 16.0. The van der Waals surface area contributed by atoms with Crippen LogP contribution < -0.4 is 11.1 Å². The smallest absolute Gasteiger partial charge is 0.230 e. The van der Waals surface area contributed by atoms with Crippen molar-refractivity contribution in [3.8, 4) is 10.7 Å². The highest BCUT2D eigenvalue weighted by Gasteiger charge is 2.18. The molecule has 100 valence electrons. The number of anilines is 1. The Kier molecular flexibility index (Phi) is 4.18. The highest BCUT2D eigenvalue weighted by Crippen LogP contribution is 2.24. The van der Waals surface area contributed by atoms with E-state index in [2.05, 4.69) is 20.5 Å². The van der Waals surface area contributed by atoms with E-state index in [1.165, 1.54) is 11.3 Å². The molecule has 19 heavy (non-hydrogen) atoms. The number of rotatable bonds is 4. The lowest BCUT2D eigenvalue weighted by Crippen LogP contribution is -2.34. The van der Waals surface area contributed by atoms with Crippen LogP contribution in [0.4, 0.5) is 5.13 Å². The summed E-state index contributed by atoms with van der Waals surface area (Å²) in [5.74, 6) is -0.430. The zero-order valence-corrected chi connectivity index (χ0v) is 11.5. The second-order valence-corrected chi connectivity index (χ2v) is 5.24. The maximum atomic E-state index is 11.8. The maximum Gasteiger partial charge on any atom is 0.230 e. The Hall–Kier alpha value is -1.86. The monoisotopic (exact) mass is 277 g/mol. The van der Waals surface area contributed by atoms with Crippen molar-refractivity contribution in [1.82, 2.24) is 15.2 Å². The predicted molar refractivity (Wildman–Crippen MR) is 74.6 cm³/mol. The first-order valence-corrected chi connectivity index (χ1v) is 6.71. The minimum Gasteiger partial charge on any atom is -0.327 e. The van der Waals surface area contributed by atoms with Gasteiger partial charge in [0.25, 0.3) is 0 Å². The second-order valence-electron chi connectivity index (χ2n) is 4.26. The van der Waals surface area contributed by atoms with Crippen molar-refractivity contribution in [1.29, 1.82) is 0 Å². The van der Waals surface area contributed by atoms with Crippen molar-refractivity contribution in [2.75, 3.05) is 5.32 Å². The van der Waals surface area contributed by atoms with Gasteiger partial charge in [-0.2, -0.15) is 0 Å². The molecule has 2 heterocycles. The third-order valence-electron chi connectivity index (χ3n) is 2.74. The molecule has 0 saturated carbocycles. The fourth-order valence-electron chi connectivity index (χ4n) is 1.32. The van der Waals surface area contributed by atoms with E-state index >= 15 is 0 Å². The van der Waals surface area contributed by atoms with E-state index in [0.717, 1.165) is 5.69 Å². The van der Waals surface area contributed by atoms with Gasteiger partial charge in [-0.3, -0.25) is 9.78 Å². The molecular weight excluding hydrogens is 262 g/mol. The van der Waals surface area contributed by atoms with Gasteiger partial charge in [0.2, 0.25) is 11.0 Å². The van der Waals surface area contributed by atoms with Crippen molar-refractivity contribution in [2.24, 2.45) is 11.7 Å². The summed E-state index contributed by atoms with van der Waals surface area (Å²) in [6.45, 7) is 3.57. The SMILES string of the molecule is CC(N)C(C)C(=O)Nc1nnc(-c2ccccn2)s1. The van der Waals surface area contributed by atoms with Crippen molar-refractivity contribution in [3.05, 3.63) is 24.4 Å². The van der Waals surface area contributed by atoms with Crippen molar-refractivity contribution in [2.45, 2.75) is 19.9 Å². The van der Waals surface area contributed by atoms with Crippen LogP contribution in [0.3, 0.4) is 0 Å². The van der Waals surface area contributed by atoms with Gasteiger partial charge in [-0.1, -0.05) is 24.3 Å². The van der Waals surface area contributed by atoms with Gasteiger partial charge < -0.3 is 11.1 Å². The van der Waals surface area contributed by atoms with Crippen molar-refractivity contribution >= 4 is 22.4 Å². The summed E-state index contributed by atoms with van der Waals surface area (Å²) < 4.78 is 0. The number of nitrogens with zero attached hydrogens (tertiary/aromatic N) is 3. The third-order valence-corrected chi connectivity index (χ3v) is 3.60. The highest BCUT2D eigenvalue weighted by atomic mass is 32.1. The fraction of sp³-hybridized carbons (Fsp3) is 0.333. The van der Waals surface area contributed by atoms with Crippen LogP contribution in [0.5, 0.6) is 0 Å². The first-order chi connectivity index (χ1) is 9.08. The fourth-order valence-corrected chi connectivity index (χ4v) is 2.05. The van der Waals surface area contributed by atoms with Gasteiger partial charge in [0, 0.05) is 12.2 Å². The van der Waals surface area contributed by atoms with Crippen LogP contribution in [-0.2, 0) is 4.79 Å². The van der Waals surface area contributed by atoms with E-state index in [4.69, 9.17) is 5.73 Å². The summed E-state index contributed by atoms with van der Waals surface area (Å²) in [5, 5.41) is 11.8. The topological polar surface area (TPSA) is 93.8 Å². The largest absolute Gasteiger partial charge is 0.327 e. The normalized spacial score (nSPS) is 13.8. The van der Waals surface area contributed by atoms with Crippen molar-refractivity contribution in [3.63, 3.8) is 0 Å². The molecule has 0 fully saturated rings. The number of hydrogen-bond acceptors (Lipinski definition) is 6. The van der Waals surface area contributed by atoms with Gasteiger partial charge in [0.05, 0.1) is 5.92 Å². The molecule has 0 saturated heterocycles. The van der Waals surface area contributed by atoms with Crippen LogP contribution in [0, 0.1) is 5.92 Å². The van der Waals surface area contributed by atoms with Gasteiger partial charge in [-0.15, -0.1) is 10.2 Å². The van der Waals surface area contributed by atoms with Crippen LogP contribution in [0.2, 0.25) is 0 Å². The van der Waals surface area contributed by atoms with Gasteiger partial charge in [0.1, 0.15) is 5.69 Å². The lowest BCUT2D eigenvalue weighted by Gasteiger charge is -2.13. The zero-order chi connectivity index (χ0) is 13.8. The molecule has 2 unspecified atom stereocenters. The molecule has 0 aromatic carbocycles. The number of nitrogens with two attached hydrogens (primary N) is 1. The quantitative estimate of drug-likeness (QED) is 0.883. The van der Waals surface area contributed by atoms with Gasteiger partial charge in [0.15, 0.2) is 5.01 Å². The molecule has 0 aliphatic carbocycles. The average molecular weight is 277 g/mol. The molecule has 6 nitrogen and oxygen atoms in total. The van der Waals surface area contributed by atoms with Crippen LogP contribution in [-0.4, -0.2) is 27.1 Å². The summed E-state index contributed by atoms with van der Waals surface area (Å²) in [6.07, 6.45) is 1.69. The second kappa shape index (κ2) is 5.85. The molecule has 0 radical (unpaired) electrons.